The second-order valence-electron chi connectivity index (χ2n) is 6.24. The number of piperazine rings is 1. The summed E-state index contributed by atoms with van der Waals surface area (Å²) in [5, 5.41) is 10.3. The molecular formula is C17H25F3N2O2. The molecule has 1 aliphatic rings. The summed E-state index contributed by atoms with van der Waals surface area (Å²) in [5.74, 6) is 0. The van der Waals surface area contributed by atoms with Gasteiger partial charge in [0, 0.05) is 38.8 Å². The number of rotatable bonds is 7. The molecule has 1 aliphatic heterocycles. The van der Waals surface area contributed by atoms with Gasteiger partial charge in [0.25, 0.3) is 0 Å². The van der Waals surface area contributed by atoms with Gasteiger partial charge in [-0.2, -0.15) is 13.2 Å². The lowest BCUT2D eigenvalue weighted by Gasteiger charge is -2.40. The van der Waals surface area contributed by atoms with Crippen LogP contribution in [0.3, 0.4) is 0 Å². The highest BCUT2D eigenvalue weighted by Crippen LogP contribution is 2.18. The normalized spacial score (nSPS) is 21.8. The Bertz CT molecular complexity index is 484. The van der Waals surface area contributed by atoms with Crippen molar-refractivity contribution >= 4 is 0 Å². The predicted molar refractivity (Wildman–Crippen MR) is 85.8 cm³/mol. The molecule has 0 aliphatic carbocycles. The Hall–Kier alpha value is -1.15. The van der Waals surface area contributed by atoms with Gasteiger partial charge in [0.1, 0.15) is 6.61 Å². The Balaban J connectivity index is 1.71. The van der Waals surface area contributed by atoms with Gasteiger partial charge in [-0.15, -0.1) is 0 Å². The largest absolute Gasteiger partial charge is 0.411 e. The Labute approximate surface area is 140 Å². The molecule has 0 aromatic heterocycles. The van der Waals surface area contributed by atoms with Gasteiger partial charge < -0.3 is 9.84 Å². The van der Waals surface area contributed by atoms with E-state index >= 15 is 0 Å². The van der Waals surface area contributed by atoms with Gasteiger partial charge >= 0.3 is 6.18 Å². The van der Waals surface area contributed by atoms with Gasteiger partial charge in [-0.05, 0) is 12.5 Å². The Morgan fingerprint density at radius 2 is 1.96 bits per heavy atom. The molecule has 0 bridgehead atoms. The molecule has 1 N–H and O–H groups in total. The van der Waals surface area contributed by atoms with Crippen molar-refractivity contribution in [2.45, 2.75) is 25.2 Å². The first-order valence-electron chi connectivity index (χ1n) is 8.19. The van der Waals surface area contributed by atoms with Gasteiger partial charge in [-0.3, -0.25) is 9.80 Å². The number of halogens is 3. The van der Waals surface area contributed by atoms with Crippen molar-refractivity contribution in [3.8, 4) is 0 Å². The molecule has 0 radical (unpaired) electrons. The summed E-state index contributed by atoms with van der Waals surface area (Å²) >= 11 is 0. The number of aliphatic hydroxyl groups is 1. The van der Waals surface area contributed by atoms with Crippen LogP contribution in [0.15, 0.2) is 30.3 Å². The lowest BCUT2D eigenvalue weighted by molar-refractivity contribution is -0.174. The average molecular weight is 346 g/mol. The maximum atomic E-state index is 12.0. The van der Waals surface area contributed by atoms with E-state index in [1.54, 1.807) is 0 Å². The quantitative estimate of drug-likeness (QED) is 0.769. The van der Waals surface area contributed by atoms with Crippen LogP contribution in [-0.2, 0) is 4.74 Å². The third kappa shape index (κ3) is 6.39. The summed E-state index contributed by atoms with van der Waals surface area (Å²) in [6.45, 7) is 4.33. The van der Waals surface area contributed by atoms with Gasteiger partial charge in [0.05, 0.1) is 12.7 Å². The molecule has 2 rings (SSSR count). The van der Waals surface area contributed by atoms with Crippen LogP contribution in [0.25, 0.3) is 0 Å². The fraction of sp³-hybridized carbons (Fsp3) is 0.647. The van der Waals surface area contributed by atoms with Crippen LogP contribution in [0.2, 0.25) is 0 Å². The molecule has 1 fully saturated rings. The topological polar surface area (TPSA) is 35.9 Å². The van der Waals surface area contributed by atoms with Crippen LogP contribution in [0.5, 0.6) is 0 Å². The molecule has 1 saturated heterocycles. The van der Waals surface area contributed by atoms with Gasteiger partial charge in [-0.1, -0.05) is 30.3 Å². The molecule has 0 unspecified atom stereocenters. The molecule has 2 atom stereocenters. The van der Waals surface area contributed by atoms with Gasteiger partial charge in [-0.25, -0.2) is 0 Å². The summed E-state index contributed by atoms with van der Waals surface area (Å²) in [5.41, 5.74) is 0.896. The van der Waals surface area contributed by atoms with E-state index in [0.717, 1.165) is 25.2 Å². The first kappa shape index (κ1) is 19.2. The van der Waals surface area contributed by atoms with Gasteiger partial charge in [0.15, 0.2) is 0 Å². The minimum Gasteiger partial charge on any atom is -0.387 e. The fourth-order valence-corrected chi connectivity index (χ4v) is 2.93. The lowest BCUT2D eigenvalue weighted by Crippen LogP contribution is -2.53. The molecule has 1 heterocycles. The van der Waals surface area contributed by atoms with E-state index < -0.39 is 18.9 Å². The molecule has 0 amide bonds. The van der Waals surface area contributed by atoms with E-state index in [0.29, 0.717) is 13.1 Å². The van der Waals surface area contributed by atoms with E-state index in [9.17, 15) is 18.3 Å². The zero-order valence-corrected chi connectivity index (χ0v) is 13.9. The number of hydrogen-bond donors (Lipinski definition) is 1. The zero-order chi connectivity index (χ0) is 17.6. The van der Waals surface area contributed by atoms with Crippen molar-refractivity contribution in [2.75, 3.05) is 45.9 Å². The standard InChI is InChI=1S/C17H25F3N2O2/c1-14-11-21(9-10-24-13-17(18,19)20)7-8-22(14)12-16(23)15-5-3-2-4-6-15/h2-6,14,16,23H,7-13H2,1H3/t14-,16-/m1/s1. The number of β-amino-alcohol motifs (C(OH)–C–C–N with tert-alkyl or cyclic N) is 1. The maximum absolute atomic E-state index is 12.0. The highest BCUT2D eigenvalue weighted by Gasteiger charge is 2.28. The molecule has 4 nitrogen and oxygen atoms in total. The fourth-order valence-electron chi connectivity index (χ4n) is 2.93. The van der Waals surface area contributed by atoms with Crippen LogP contribution < -0.4 is 0 Å². The summed E-state index contributed by atoms with van der Waals surface area (Å²) in [4.78, 5) is 4.32. The summed E-state index contributed by atoms with van der Waals surface area (Å²) in [7, 11) is 0. The van der Waals surface area contributed by atoms with E-state index in [2.05, 4.69) is 21.5 Å². The summed E-state index contributed by atoms with van der Waals surface area (Å²) in [6.07, 6.45) is -4.80. The number of benzene rings is 1. The van der Waals surface area contributed by atoms with Crippen molar-refractivity contribution in [1.29, 1.82) is 0 Å². The minimum absolute atomic E-state index is 0.0822. The number of ether oxygens (including phenoxy) is 1. The second kappa shape index (κ2) is 8.80. The molecule has 1 aromatic rings. The minimum atomic E-state index is -4.26. The summed E-state index contributed by atoms with van der Waals surface area (Å²) in [6, 6.07) is 9.77. The summed E-state index contributed by atoms with van der Waals surface area (Å²) < 4.78 is 40.7. The van der Waals surface area contributed by atoms with Crippen molar-refractivity contribution in [1.82, 2.24) is 9.80 Å². The number of alkyl halides is 3. The maximum Gasteiger partial charge on any atom is 0.411 e. The molecule has 136 valence electrons. The van der Waals surface area contributed by atoms with Crippen molar-refractivity contribution < 1.29 is 23.0 Å². The Morgan fingerprint density at radius 1 is 1.25 bits per heavy atom. The average Bonchev–Trinajstić information content (AvgIpc) is 2.54. The number of aliphatic hydroxyl groups excluding tert-OH is 1. The van der Waals surface area contributed by atoms with Crippen LogP contribution >= 0.6 is 0 Å². The van der Waals surface area contributed by atoms with Crippen molar-refractivity contribution in [2.24, 2.45) is 0 Å². The van der Waals surface area contributed by atoms with Gasteiger partial charge in [0.2, 0.25) is 0 Å². The third-order valence-corrected chi connectivity index (χ3v) is 4.26. The van der Waals surface area contributed by atoms with E-state index in [1.165, 1.54) is 0 Å². The molecule has 0 saturated carbocycles. The smallest absolute Gasteiger partial charge is 0.387 e. The van der Waals surface area contributed by atoms with Crippen LogP contribution in [-0.4, -0.2) is 73.1 Å². The number of hydrogen-bond acceptors (Lipinski definition) is 4. The monoisotopic (exact) mass is 346 g/mol. The Kier molecular flexibility index (Phi) is 7.03. The lowest BCUT2D eigenvalue weighted by atomic mass is 10.1. The van der Waals surface area contributed by atoms with E-state index in [4.69, 9.17) is 0 Å². The predicted octanol–water partition coefficient (Wildman–Crippen LogP) is 2.31. The van der Waals surface area contributed by atoms with Crippen molar-refractivity contribution in [3.05, 3.63) is 35.9 Å². The van der Waals surface area contributed by atoms with Crippen LogP contribution in [0.4, 0.5) is 13.2 Å². The molecule has 0 spiro atoms. The highest BCUT2D eigenvalue weighted by atomic mass is 19.4. The second-order valence-corrected chi connectivity index (χ2v) is 6.24. The van der Waals surface area contributed by atoms with Crippen molar-refractivity contribution in [3.63, 3.8) is 0 Å². The Morgan fingerprint density at radius 3 is 2.58 bits per heavy atom. The molecule has 7 heteroatoms. The first-order chi connectivity index (χ1) is 11.3. The third-order valence-electron chi connectivity index (χ3n) is 4.26. The molecule has 24 heavy (non-hydrogen) atoms. The first-order valence-corrected chi connectivity index (χ1v) is 8.19. The highest BCUT2D eigenvalue weighted by molar-refractivity contribution is 5.17. The molecular weight excluding hydrogens is 321 g/mol. The van der Waals surface area contributed by atoms with E-state index in [-0.39, 0.29) is 12.6 Å². The van der Waals surface area contributed by atoms with E-state index in [1.807, 2.05) is 30.3 Å². The van der Waals surface area contributed by atoms with Crippen LogP contribution in [0, 0.1) is 0 Å². The zero-order valence-electron chi connectivity index (χ0n) is 13.9. The van der Waals surface area contributed by atoms with Crippen LogP contribution in [0.1, 0.15) is 18.6 Å². The number of nitrogens with zero attached hydrogens (tertiary/aromatic N) is 2. The SMILES string of the molecule is C[C@@H]1CN(CCOCC(F)(F)F)CCN1C[C@@H](O)c1ccccc1. The molecule has 1 aromatic carbocycles.